The molecule has 0 radical (unpaired) electrons. The molecule has 0 amide bonds. The highest BCUT2D eigenvalue weighted by Crippen LogP contribution is 2.28. The molecule has 2 rings (SSSR count). The van der Waals surface area contributed by atoms with Gasteiger partial charge >= 0.3 is 0 Å². The number of rotatable bonds is 3. The van der Waals surface area contributed by atoms with Gasteiger partial charge in [0, 0.05) is 19.6 Å². The Kier molecular flexibility index (Phi) is 4.53. The number of guanidine groups is 1. The molecule has 110 valence electrons. The molecule has 0 aromatic heterocycles. The zero-order valence-electron chi connectivity index (χ0n) is 12.7. The highest BCUT2D eigenvalue weighted by atomic mass is 16.3. The van der Waals surface area contributed by atoms with Crippen LogP contribution in [0.25, 0.3) is 0 Å². The van der Waals surface area contributed by atoms with Crippen molar-refractivity contribution >= 4 is 5.96 Å². The molecule has 0 atom stereocenters. The molecule has 0 bridgehead atoms. The van der Waals surface area contributed by atoms with Crippen molar-refractivity contribution in [2.75, 3.05) is 19.6 Å². The lowest BCUT2D eigenvalue weighted by atomic mass is 9.93. The predicted molar refractivity (Wildman–Crippen MR) is 82.9 cm³/mol. The Balaban J connectivity index is 2.04. The number of aromatic hydroxyl groups is 1. The van der Waals surface area contributed by atoms with Gasteiger partial charge in [-0.25, -0.2) is 4.99 Å². The minimum atomic E-state index is 0.297. The first-order valence-corrected chi connectivity index (χ1v) is 7.31. The lowest BCUT2D eigenvalue weighted by molar-refractivity contribution is 0.370. The van der Waals surface area contributed by atoms with E-state index < -0.39 is 0 Å². The molecule has 20 heavy (non-hydrogen) atoms. The number of phenols is 1. The molecule has 0 aliphatic carbocycles. The van der Waals surface area contributed by atoms with Crippen LogP contribution in [0.5, 0.6) is 5.75 Å². The number of benzene rings is 1. The van der Waals surface area contributed by atoms with Gasteiger partial charge in [-0.05, 0) is 36.5 Å². The number of hydrogen-bond donors (Lipinski definition) is 2. The summed E-state index contributed by atoms with van der Waals surface area (Å²) >= 11 is 0. The van der Waals surface area contributed by atoms with Gasteiger partial charge in [0.1, 0.15) is 5.75 Å². The van der Waals surface area contributed by atoms with Crippen molar-refractivity contribution in [1.82, 2.24) is 10.2 Å². The maximum Gasteiger partial charge on any atom is 0.194 e. The van der Waals surface area contributed by atoms with Crippen molar-refractivity contribution in [3.05, 3.63) is 29.8 Å². The van der Waals surface area contributed by atoms with Crippen molar-refractivity contribution in [3.8, 4) is 5.75 Å². The van der Waals surface area contributed by atoms with E-state index in [1.807, 2.05) is 12.1 Å². The molecule has 0 spiro atoms. The van der Waals surface area contributed by atoms with E-state index in [4.69, 9.17) is 4.99 Å². The average molecular weight is 275 g/mol. The largest absolute Gasteiger partial charge is 0.508 e. The van der Waals surface area contributed by atoms with Crippen LogP contribution in [0.15, 0.2) is 29.3 Å². The number of nitrogens with zero attached hydrogens (tertiary/aromatic N) is 2. The standard InChI is InChI=1S/C16H25N3O/c1-4-17-15(19-10-9-16(2,3)12-19)18-11-13-5-7-14(20)8-6-13/h5-8,20H,4,9-12H2,1-3H3,(H,17,18). The van der Waals surface area contributed by atoms with Gasteiger partial charge in [0.15, 0.2) is 5.96 Å². The van der Waals surface area contributed by atoms with E-state index in [0.29, 0.717) is 17.7 Å². The van der Waals surface area contributed by atoms with E-state index in [1.54, 1.807) is 12.1 Å². The van der Waals surface area contributed by atoms with Gasteiger partial charge < -0.3 is 15.3 Å². The van der Waals surface area contributed by atoms with Gasteiger partial charge in [-0.3, -0.25) is 0 Å². The van der Waals surface area contributed by atoms with E-state index in [0.717, 1.165) is 31.2 Å². The summed E-state index contributed by atoms with van der Waals surface area (Å²) < 4.78 is 0. The number of aliphatic imine (C=N–C) groups is 1. The first-order valence-electron chi connectivity index (χ1n) is 7.31. The molecule has 1 aromatic rings. The molecule has 1 aromatic carbocycles. The third-order valence-electron chi connectivity index (χ3n) is 3.66. The molecular weight excluding hydrogens is 250 g/mol. The Morgan fingerprint density at radius 3 is 2.60 bits per heavy atom. The Bertz CT molecular complexity index is 465. The summed E-state index contributed by atoms with van der Waals surface area (Å²) in [7, 11) is 0. The van der Waals surface area contributed by atoms with Crippen molar-refractivity contribution in [1.29, 1.82) is 0 Å². The van der Waals surface area contributed by atoms with Crippen LogP contribution < -0.4 is 5.32 Å². The minimum absolute atomic E-state index is 0.297. The summed E-state index contributed by atoms with van der Waals surface area (Å²) in [4.78, 5) is 7.05. The zero-order valence-corrected chi connectivity index (χ0v) is 12.7. The summed E-state index contributed by atoms with van der Waals surface area (Å²) in [6, 6.07) is 7.24. The van der Waals surface area contributed by atoms with Crippen molar-refractivity contribution in [2.45, 2.75) is 33.7 Å². The topological polar surface area (TPSA) is 47.9 Å². The summed E-state index contributed by atoms with van der Waals surface area (Å²) in [6.45, 7) is 10.3. The Labute approximate surface area is 121 Å². The summed E-state index contributed by atoms with van der Waals surface area (Å²) in [5.74, 6) is 1.29. The highest BCUT2D eigenvalue weighted by Gasteiger charge is 2.30. The van der Waals surface area contributed by atoms with Crippen LogP contribution in [0.4, 0.5) is 0 Å². The van der Waals surface area contributed by atoms with Gasteiger partial charge in [-0.1, -0.05) is 26.0 Å². The van der Waals surface area contributed by atoms with Crippen molar-refractivity contribution < 1.29 is 5.11 Å². The molecule has 4 nitrogen and oxygen atoms in total. The smallest absolute Gasteiger partial charge is 0.194 e. The SMILES string of the molecule is CCNC(=NCc1ccc(O)cc1)N1CCC(C)(C)C1. The molecule has 1 aliphatic rings. The Morgan fingerprint density at radius 2 is 2.05 bits per heavy atom. The highest BCUT2D eigenvalue weighted by molar-refractivity contribution is 5.80. The Morgan fingerprint density at radius 1 is 1.35 bits per heavy atom. The minimum Gasteiger partial charge on any atom is -0.508 e. The van der Waals surface area contributed by atoms with Gasteiger partial charge in [0.05, 0.1) is 6.54 Å². The van der Waals surface area contributed by atoms with E-state index in [1.165, 1.54) is 6.42 Å². The van der Waals surface area contributed by atoms with Gasteiger partial charge in [0.2, 0.25) is 0 Å². The van der Waals surface area contributed by atoms with E-state index in [-0.39, 0.29) is 0 Å². The second-order valence-corrected chi connectivity index (χ2v) is 6.17. The van der Waals surface area contributed by atoms with E-state index in [2.05, 4.69) is 31.0 Å². The lowest BCUT2D eigenvalue weighted by Gasteiger charge is -2.23. The fourth-order valence-corrected chi connectivity index (χ4v) is 2.49. The van der Waals surface area contributed by atoms with Crippen molar-refractivity contribution in [2.24, 2.45) is 10.4 Å². The molecular formula is C16H25N3O. The van der Waals surface area contributed by atoms with Crippen LogP contribution in [-0.4, -0.2) is 35.6 Å². The maximum absolute atomic E-state index is 9.29. The van der Waals surface area contributed by atoms with E-state index in [9.17, 15) is 5.11 Å². The molecule has 4 heteroatoms. The zero-order chi connectivity index (χ0) is 14.6. The monoisotopic (exact) mass is 275 g/mol. The van der Waals surface area contributed by atoms with Gasteiger partial charge in [-0.15, -0.1) is 0 Å². The van der Waals surface area contributed by atoms with Crippen LogP contribution in [0.1, 0.15) is 32.8 Å². The van der Waals surface area contributed by atoms with Crippen LogP contribution >= 0.6 is 0 Å². The molecule has 1 aliphatic heterocycles. The molecule has 1 heterocycles. The van der Waals surface area contributed by atoms with Crippen molar-refractivity contribution in [3.63, 3.8) is 0 Å². The Hall–Kier alpha value is -1.71. The predicted octanol–water partition coefficient (Wildman–Crippen LogP) is 2.59. The number of likely N-dealkylation sites (tertiary alicyclic amines) is 1. The summed E-state index contributed by atoms with van der Waals surface area (Å²) in [5.41, 5.74) is 1.48. The molecule has 0 unspecified atom stereocenters. The normalized spacial score (nSPS) is 18.4. The first-order chi connectivity index (χ1) is 9.50. The number of nitrogens with one attached hydrogen (secondary N) is 1. The van der Waals surface area contributed by atoms with E-state index >= 15 is 0 Å². The first kappa shape index (κ1) is 14.7. The quantitative estimate of drug-likeness (QED) is 0.658. The fraction of sp³-hybridized carbons (Fsp3) is 0.562. The second kappa shape index (κ2) is 6.16. The molecule has 2 N–H and O–H groups in total. The van der Waals surface area contributed by atoms with Gasteiger partial charge in [0.25, 0.3) is 0 Å². The van der Waals surface area contributed by atoms with Gasteiger partial charge in [-0.2, -0.15) is 0 Å². The fourth-order valence-electron chi connectivity index (χ4n) is 2.49. The second-order valence-electron chi connectivity index (χ2n) is 6.17. The number of hydrogen-bond acceptors (Lipinski definition) is 2. The maximum atomic E-state index is 9.29. The van der Waals surface area contributed by atoms with Crippen LogP contribution in [0.3, 0.4) is 0 Å². The summed E-state index contributed by atoms with van der Waals surface area (Å²) in [6.07, 6.45) is 1.20. The molecule has 1 fully saturated rings. The van der Waals surface area contributed by atoms with Crippen LogP contribution in [-0.2, 0) is 6.54 Å². The van der Waals surface area contributed by atoms with Crippen LogP contribution in [0, 0.1) is 5.41 Å². The molecule has 0 saturated carbocycles. The number of phenolic OH excluding ortho intramolecular Hbond substituents is 1. The third kappa shape index (κ3) is 3.89. The average Bonchev–Trinajstić information content (AvgIpc) is 2.77. The third-order valence-corrected chi connectivity index (χ3v) is 3.66. The van der Waals surface area contributed by atoms with Crippen LogP contribution in [0.2, 0.25) is 0 Å². The lowest BCUT2D eigenvalue weighted by Crippen LogP contribution is -2.40. The molecule has 1 saturated heterocycles. The summed E-state index contributed by atoms with van der Waals surface area (Å²) in [5, 5.41) is 12.7.